The van der Waals surface area contributed by atoms with Crippen molar-refractivity contribution < 1.29 is 26.3 Å². The van der Waals surface area contributed by atoms with Gasteiger partial charge in [0.2, 0.25) is 0 Å². The molecule has 0 aliphatic carbocycles. The minimum absolute atomic E-state index is 0.0479. The summed E-state index contributed by atoms with van der Waals surface area (Å²) in [5.41, 5.74) is -0.617. The molecule has 0 N–H and O–H groups in total. The molecule has 0 atom stereocenters. The van der Waals surface area contributed by atoms with E-state index in [1.165, 1.54) is 6.07 Å². The van der Waals surface area contributed by atoms with E-state index in [0.717, 1.165) is 12.1 Å². The fourth-order valence-electron chi connectivity index (χ4n) is 1.05. The number of benzene rings is 1. The largest absolute Gasteiger partial charge is 0.573 e. The van der Waals surface area contributed by atoms with Gasteiger partial charge in [0, 0.05) is 15.2 Å². The van der Waals surface area contributed by atoms with Crippen LogP contribution in [0.4, 0.5) is 13.2 Å². The molecule has 0 aliphatic heterocycles. The first-order chi connectivity index (χ1) is 8.06. The van der Waals surface area contributed by atoms with Crippen LogP contribution in [0.3, 0.4) is 0 Å². The lowest BCUT2D eigenvalue weighted by Gasteiger charge is -2.13. The molecule has 1 rings (SSSR count). The van der Waals surface area contributed by atoms with Crippen LogP contribution in [-0.4, -0.2) is 14.8 Å². The number of ether oxygens (including phenoxy) is 1. The lowest BCUT2D eigenvalue weighted by Crippen LogP contribution is -2.19. The highest BCUT2D eigenvalue weighted by molar-refractivity contribution is 9.10. The maximum absolute atomic E-state index is 12.2. The summed E-state index contributed by atoms with van der Waals surface area (Å²) in [4.78, 5) is -0.929. The predicted octanol–water partition coefficient (Wildman–Crippen LogP) is 3.15. The highest BCUT2D eigenvalue weighted by atomic mass is 79.9. The molecule has 4 nitrogen and oxygen atoms in total. The second-order valence-corrected chi connectivity index (χ2v) is 6.24. The Kier molecular flexibility index (Phi) is 4.15. The van der Waals surface area contributed by atoms with Crippen LogP contribution in [0, 0.1) is 11.3 Å². The van der Waals surface area contributed by atoms with E-state index in [9.17, 15) is 21.6 Å². The molecule has 98 valence electrons. The molecular weight excluding hydrogens is 363 g/mol. The van der Waals surface area contributed by atoms with Gasteiger partial charge in [0.25, 0.3) is 9.05 Å². The minimum atomic E-state index is -5.15. The molecule has 0 unspecified atom stereocenters. The summed E-state index contributed by atoms with van der Waals surface area (Å²) in [5, 5.41) is 8.72. The SMILES string of the molecule is N#Cc1c(Br)ccc(S(=O)(=O)Cl)c1OC(F)(F)F. The van der Waals surface area contributed by atoms with Gasteiger partial charge in [0.05, 0.1) is 0 Å². The van der Waals surface area contributed by atoms with Crippen molar-refractivity contribution in [3.05, 3.63) is 22.2 Å². The van der Waals surface area contributed by atoms with Crippen LogP contribution in [0.15, 0.2) is 21.5 Å². The fraction of sp³-hybridized carbons (Fsp3) is 0.125. The first-order valence-corrected chi connectivity index (χ1v) is 7.09. The lowest BCUT2D eigenvalue weighted by atomic mass is 10.2. The van der Waals surface area contributed by atoms with Gasteiger partial charge < -0.3 is 4.74 Å². The summed E-state index contributed by atoms with van der Waals surface area (Å²) in [5.74, 6) is -1.16. The van der Waals surface area contributed by atoms with Crippen LogP contribution in [0.5, 0.6) is 5.75 Å². The molecule has 0 bridgehead atoms. The van der Waals surface area contributed by atoms with Crippen molar-refractivity contribution >= 4 is 35.7 Å². The Morgan fingerprint density at radius 1 is 1.39 bits per heavy atom. The Balaban J connectivity index is 3.62. The number of rotatable bonds is 2. The molecule has 0 fully saturated rings. The number of alkyl halides is 3. The first-order valence-electron chi connectivity index (χ1n) is 3.99. The van der Waals surface area contributed by atoms with Gasteiger partial charge in [-0.1, -0.05) is 0 Å². The molecule has 0 saturated carbocycles. The number of hydrogen-bond donors (Lipinski definition) is 0. The van der Waals surface area contributed by atoms with Gasteiger partial charge >= 0.3 is 6.36 Å². The average molecular weight is 365 g/mol. The van der Waals surface area contributed by atoms with Gasteiger partial charge in [-0.2, -0.15) is 5.26 Å². The Morgan fingerprint density at radius 2 is 1.94 bits per heavy atom. The van der Waals surface area contributed by atoms with Crippen molar-refractivity contribution in [2.75, 3.05) is 0 Å². The van der Waals surface area contributed by atoms with E-state index < -0.39 is 31.6 Å². The summed E-state index contributed by atoms with van der Waals surface area (Å²) >= 11 is 2.81. The Morgan fingerprint density at radius 3 is 2.33 bits per heavy atom. The zero-order valence-corrected chi connectivity index (χ0v) is 11.3. The van der Waals surface area contributed by atoms with Gasteiger partial charge in [-0.3, -0.25) is 0 Å². The van der Waals surface area contributed by atoms with E-state index in [1.807, 2.05) is 0 Å². The molecule has 18 heavy (non-hydrogen) atoms. The highest BCUT2D eigenvalue weighted by Crippen LogP contribution is 2.37. The number of halogens is 5. The zero-order chi connectivity index (χ0) is 14.1. The van der Waals surface area contributed by atoms with Gasteiger partial charge in [0.1, 0.15) is 16.5 Å². The van der Waals surface area contributed by atoms with Crippen molar-refractivity contribution in [3.63, 3.8) is 0 Å². The second kappa shape index (κ2) is 4.95. The predicted molar refractivity (Wildman–Crippen MR) is 58.6 cm³/mol. The number of nitrogens with zero attached hydrogens (tertiary/aromatic N) is 1. The van der Waals surface area contributed by atoms with Gasteiger partial charge in [-0.25, -0.2) is 8.42 Å². The normalized spacial score (nSPS) is 12.0. The van der Waals surface area contributed by atoms with Crippen molar-refractivity contribution in [1.29, 1.82) is 5.26 Å². The fourth-order valence-corrected chi connectivity index (χ4v) is 2.41. The van der Waals surface area contributed by atoms with Crippen molar-refractivity contribution in [1.82, 2.24) is 0 Å². The van der Waals surface area contributed by atoms with Crippen LogP contribution >= 0.6 is 26.6 Å². The maximum Gasteiger partial charge on any atom is 0.573 e. The molecule has 0 aromatic heterocycles. The topological polar surface area (TPSA) is 67.2 Å². The van der Waals surface area contributed by atoms with Gasteiger partial charge in [0.15, 0.2) is 5.75 Å². The van der Waals surface area contributed by atoms with E-state index in [0.29, 0.717) is 0 Å². The molecule has 0 aliphatic rings. The molecule has 10 heteroatoms. The Labute approximate surface area is 112 Å². The van der Waals surface area contributed by atoms with Crippen molar-refractivity contribution in [3.8, 4) is 11.8 Å². The van der Waals surface area contributed by atoms with E-state index in [-0.39, 0.29) is 4.47 Å². The third kappa shape index (κ3) is 3.51. The van der Waals surface area contributed by atoms with E-state index >= 15 is 0 Å². The summed E-state index contributed by atoms with van der Waals surface area (Å²) < 4.78 is 62.2. The third-order valence-electron chi connectivity index (χ3n) is 1.66. The van der Waals surface area contributed by atoms with Crippen molar-refractivity contribution in [2.24, 2.45) is 0 Å². The molecular formula is C8H2BrClF3NO3S. The van der Waals surface area contributed by atoms with E-state index in [1.54, 1.807) is 0 Å². The molecule has 1 aromatic rings. The standard InChI is InChI=1S/C8H2BrClF3NO3S/c9-5-1-2-6(18(10,15)16)7(4(5)3-14)17-8(11,12)13/h1-2H. The smallest absolute Gasteiger partial charge is 0.403 e. The minimum Gasteiger partial charge on any atom is -0.403 e. The average Bonchev–Trinajstić information content (AvgIpc) is 2.13. The van der Waals surface area contributed by atoms with Crippen molar-refractivity contribution in [2.45, 2.75) is 11.3 Å². The van der Waals surface area contributed by atoms with Gasteiger partial charge in [-0.15, -0.1) is 13.2 Å². The molecule has 0 radical (unpaired) electrons. The second-order valence-electron chi connectivity index (χ2n) is 2.85. The van der Waals surface area contributed by atoms with Crippen LogP contribution in [-0.2, 0) is 9.05 Å². The summed E-state index contributed by atoms with van der Waals surface area (Å²) in [7, 11) is 0.494. The highest BCUT2D eigenvalue weighted by Gasteiger charge is 2.36. The Bertz CT molecular complexity index is 624. The summed E-state index contributed by atoms with van der Waals surface area (Å²) in [6.45, 7) is 0. The third-order valence-corrected chi connectivity index (χ3v) is 3.67. The molecule has 1 aromatic carbocycles. The van der Waals surface area contributed by atoms with Crippen LogP contribution in [0.2, 0.25) is 0 Å². The van der Waals surface area contributed by atoms with Gasteiger partial charge in [-0.05, 0) is 28.1 Å². The quantitative estimate of drug-likeness (QED) is 0.756. The van der Waals surface area contributed by atoms with Crippen LogP contribution in [0.1, 0.15) is 5.56 Å². The number of hydrogen-bond acceptors (Lipinski definition) is 4. The van der Waals surface area contributed by atoms with E-state index in [4.69, 9.17) is 15.9 Å². The maximum atomic E-state index is 12.2. The number of nitriles is 1. The first kappa shape index (κ1) is 15.1. The lowest BCUT2D eigenvalue weighted by molar-refractivity contribution is -0.275. The summed E-state index contributed by atoms with van der Waals surface area (Å²) in [6.07, 6.45) is -5.15. The van der Waals surface area contributed by atoms with Crippen LogP contribution < -0.4 is 4.74 Å². The monoisotopic (exact) mass is 363 g/mol. The molecule has 0 heterocycles. The molecule has 0 saturated heterocycles. The molecule has 0 spiro atoms. The van der Waals surface area contributed by atoms with Crippen LogP contribution in [0.25, 0.3) is 0 Å². The zero-order valence-electron chi connectivity index (χ0n) is 8.12. The molecule has 0 amide bonds. The summed E-state index contributed by atoms with van der Waals surface area (Å²) in [6, 6.07) is 3.28. The van der Waals surface area contributed by atoms with E-state index in [2.05, 4.69) is 20.7 Å². The Hall–Kier alpha value is -0.980.